The van der Waals surface area contributed by atoms with Gasteiger partial charge in [0.2, 0.25) is 0 Å². The van der Waals surface area contributed by atoms with E-state index in [1.807, 2.05) is 35.9 Å². The molecule has 3 rings (SSSR count). The zero-order chi connectivity index (χ0) is 14.4. The second-order valence-electron chi connectivity index (χ2n) is 4.78. The number of para-hydroxylation sites is 1. The molecule has 0 amide bonds. The number of nitrogens with zero attached hydrogens (tertiary/aromatic N) is 2. The number of carbonyl (C=O) groups is 1. The molecule has 0 saturated heterocycles. The van der Waals surface area contributed by atoms with E-state index in [4.69, 9.17) is 0 Å². The average molecular weight is 269 g/mol. The predicted molar refractivity (Wildman–Crippen MR) is 79.5 cm³/mol. The van der Waals surface area contributed by atoms with E-state index in [1.54, 1.807) is 14.0 Å². The van der Waals surface area contributed by atoms with Gasteiger partial charge in [-0.25, -0.2) is 9.78 Å². The molecule has 0 radical (unpaired) electrons. The van der Waals surface area contributed by atoms with Crippen LogP contribution in [0.15, 0.2) is 24.3 Å². The van der Waals surface area contributed by atoms with Crippen LogP contribution >= 0.6 is 0 Å². The van der Waals surface area contributed by atoms with Gasteiger partial charge in [-0.15, -0.1) is 0 Å². The number of rotatable bonds is 2. The minimum atomic E-state index is -0.964. The molecule has 2 heterocycles. The molecule has 0 fully saturated rings. The van der Waals surface area contributed by atoms with Crippen LogP contribution in [0.3, 0.4) is 0 Å². The van der Waals surface area contributed by atoms with E-state index in [0.29, 0.717) is 11.4 Å². The third-order valence-electron chi connectivity index (χ3n) is 3.68. The Bertz CT molecular complexity index is 849. The molecule has 2 aromatic heterocycles. The fraction of sp³-hybridized carbons (Fsp3) is 0.200. The fourth-order valence-electron chi connectivity index (χ4n) is 2.79. The summed E-state index contributed by atoms with van der Waals surface area (Å²) in [6.45, 7) is 1.72. The van der Waals surface area contributed by atoms with Gasteiger partial charge in [0.25, 0.3) is 0 Å². The van der Waals surface area contributed by atoms with Crippen LogP contribution in [0.1, 0.15) is 16.1 Å². The molecule has 0 aliphatic carbocycles. The molecule has 3 aromatic rings. The van der Waals surface area contributed by atoms with Crippen LogP contribution in [0.5, 0.6) is 0 Å². The van der Waals surface area contributed by atoms with Gasteiger partial charge >= 0.3 is 5.97 Å². The van der Waals surface area contributed by atoms with Crippen molar-refractivity contribution in [2.75, 3.05) is 12.4 Å². The minimum absolute atomic E-state index is 0.233. The van der Waals surface area contributed by atoms with E-state index in [-0.39, 0.29) is 5.56 Å². The predicted octanol–water partition coefficient (Wildman–Crippen LogP) is 2.77. The molecular formula is C15H15N3O2. The van der Waals surface area contributed by atoms with Gasteiger partial charge in [0.1, 0.15) is 11.2 Å². The summed E-state index contributed by atoms with van der Waals surface area (Å²) in [5.74, 6) is -0.964. The Morgan fingerprint density at radius 3 is 2.70 bits per heavy atom. The van der Waals surface area contributed by atoms with E-state index >= 15 is 0 Å². The molecular weight excluding hydrogens is 254 g/mol. The van der Waals surface area contributed by atoms with Crippen molar-refractivity contribution in [2.45, 2.75) is 6.92 Å². The maximum absolute atomic E-state index is 11.5. The zero-order valence-corrected chi connectivity index (χ0v) is 11.6. The van der Waals surface area contributed by atoms with Gasteiger partial charge in [0, 0.05) is 19.5 Å². The Morgan fingerprint density at radius 1 is 1.35 bits per heavy atom. The first-order valence-electron chi connectivity index (χ1n) is 6.35. The highest BCUT2D eigenvalue weighted by Crippen LogP contribution is 2.35. The minimum Gasteiger partial charge on any atom is -0.478 e. The summed E-state index contributed by atoms with van der Waals surface area (Å²) in [4.78, 5) is 16.0. The lowest BCUT2D eigenvalue weighted by atomic mass is 10.1. The molecule has 5 heteroatoms. The molecule has 0 aliphatic heterocycles. The van der Waals surface area contributed by atoms with Gasteiger partial charge in [-0.1, -0.05) is 18.2 Å². The maximum atomic E-state index is 11.5. The van der Waals surface area contributed by atoms with E-state index in [2.05, 4.69) is 10.3 Å². The number of aromatic carboxylic acids is 1. The number of pyridine rings is 1. The lowest BCUT2D eigenvalue weighted by Gasteiger charge is -2.10. The summed E-state index contributed by atoms with van der Waals surface area (Å²) in [6.07, 6.45) is 0. The van der Waals surface area contributed by atoms with Crippen LogP contribution in [0, 0.1) is 6.92 Å². The number of hydrogen-bond donors (Lipinski definition) is 2. The summed E-state index contributed by atoms with van der Waals surface area (Å²) >= 11 is 0. The van der Waals surface area contributed by atoms with Crippen LogP contribution in [0.2, 0.25) is 0 Å². The lowest BCUT2D eigenvalue weighted by molar-refractivity contribution is 0.0697. The Balaban J connectivity index is 2.63. The van der Waals surface area contributed by atoms with Crippen molar-refractivity contribution in [3.8, 4) is 0 Å². The Labute approximate surface area is 115 Å². The fourth-order valence-corrected chi connectivity index (χ4v) is 2.79. The molecule has 102 valence electrons. The zero-order valence-electron chi connectivity index (χ0n) is 11.6. The highest BCUT2D eigenvalue weighted by atomic mass is 16.4. The highest BCUT2D eigenvalue weighted by molar-refractivity contribution is 6.16. The van der Waals surface area contributed by atoms with Crippen molar-refractivity contribution >= 4 is 33.6 Å². The number of carboxylic acids is 1. The highest BCUT2D eigenvalue weighted by Gasteiger charge is 2.21. The summed E-state index contributed by atoms with van der Waals surface area (Å²) < 4.78 is 1.99. The second-order valence-corrected chi connectivity index (χ2v) is 4.78. The summed E-state index contributed by atoms with van der Waals surface area (Å²) in [5.41, 5.74) is 3.19. The first-order chi connectivity index (χ1) is 9.56. The van der Waals surface area contributed by atoms with Gasteiger partial charge in [0.05, 0.1) is 22.3 Å². The Morgan fingerprint density at radius 2 is 2.05 bits per heavy atom. The van der Waals surface area contributed by atoms with Crippen LogP contribution in [-0.4, -0.2) is 27.7 Å². The number of benzene rings is 1. The van der Waals surface area contributed by atoms with Gasteiger partial charge in [0.15, 0.2) is 0 Å². The number of fused-ring (bicyclic) bond motifs is 3. The van der Waals surface area contributed by atoms with E-state index in [0.717, 1.165) is 21.9 Å². The quantitative estimate of drug-likeness (QED) is 0.750. The van der Waals surface area contributed by atoms with E-state index < -0.39 is 5.97 Å². The summed E-state index contributed by atoms with van der Waals surface area (Å²) in [6, 6.07) is 7.90. The second kappa shape index (κ2) is 4.23. The molecule has 0 spiro atoms. The summed E-state index contributed by atoms with van der Waals surface area (Å²) in [5, 5.41) is 14.3. The van der Waals surface area contributed by atoms with Crippen molar-refractivity contribution in [3.05, 3.63) is 35.5 Å². The molecule has 0 unspecified atom stereocenters. The van der Waals surface area contributed by atoms with E-state index in [1.165, 1.54) is 0 Å². The van der Waals surface area contributed by atoms with Crippen LogP contribution in [0.25, 0.3) is 21.9 Å². The van der Waals surface area contributed by atoms with E-state index in [9.17, 15) is 9.90 Å². The standard InChI is InChI=1S/C15H15N3O2/c1-8-11(15(19)20)13(16-2)12-9-6-4-5-7-10(9)18(3)14(12)17-8/h4-7H,1-3H3,(H,16,17)(H,19,20). The molecule has 0 bridgehead atoms. The number of nitrogens with one attached hydrogen (secondary N) is 1. The van der Waals surface area contributed by atoms with Crippen molar-refractivity contribution in [2.24, 2.45) is 7.05 Å². The normalized spacial score (nSPS) is 11.2. The van der Waals surface area contributed by atoms with Gasteiger partial charge < -0.3 is 15.0 Å². The monoisotopic (exact) mass is 269 g/mol. The molecule has 20 heavy (non-hydrogen) atoms. The first kappa shape index (κ1) is 12.5. The third kappa shape index (κ3) is 1.49. The van der Waals surface area contributed by atoms with Crippen LogP contribution in [0.4, 0.5) is 5.69 Å². The maximum Gasteiger partial charge on any atom is 0.339 e. The lowest BCUT2D eigenvalue weighted by Crippen LogP contribution is -2.08. The van der Waals surface area contributed by atoms with Crippen molar-refractivity contribution < 1.29 is 9.90 Å². The molecule has 2 N–H and O–H groups in total. The van der Waals surface area contributed by atoms with Crippen LogP contribution in [-0.2, 0) is 7.05 Å². The molecule has 1 aromatic carbocycles. The molecule has 0 aliphatic rings. The SMILES string of the molecule is CNc1c(C(=O)O)c(C)nc2c1c1ccccc1n2C. The molecule has 0 atom stereocenters. The van der Waals surface area contributed by atoms with Gasteiger partial charge in [-0.2, -0.15) is 0 Å². The Hall–Kier alpha value is -2.56. The average Bonchev–Trinajstić information content (AvgIpc) is 2.71. The number of aryl methyl sites for hydroxylation is 2. The Kier molecular flexibility index (Phi) is 2.64. The molecule has 0 saturated carbocycles. The number of anilines is 1. The van der Waals surface area contributed by atoms with Crippen LogP contribution < -0.4 is 5.32 Å². The first-order valence-corrected chi connectivity index (χ1v) is 6.35. The summed E-state index contributed by atoms with van der Waals surface area (Å²) in [7, 11) is 3.68. The number of aromatic nitrogens is 2. The smallest absolute Gasteiger partial charge is 0.339 e. The van der Waals surface area contributed by atoms with Gasteiger partial charge in [-0.3, -0.25) is 0 Å². The van der Waals surface area contributed by atoms with Crippen molar-refractivity contribution in [1.82, 2.24) is 9.55 Å². The number of hydrogen-bond acceptors (Lipinski definition) is 3. The number of carboxylic acid groups (broad SMARTS) is 1. The topological polar surface area (TPSA) is 67.2 Å². The van der Waals surface area contributed by atoms with Crippen molar-refractivity contribution in [1.29, 1.82) is 0 Å². The van der Waals surface area contributed by atoms with Gasteiger partial charge in [-0.05, 0) is 13.0 Å². The molecule has 5 nitrogen and oxygen atoms in total. The largest absolute Gasteiger partial charge is 0.478 e. The third-order valence-corrected chi connectivity index (χ3v) is 3.68. The van der Waals surface area contributed by atoms with Crippen molar-refractivity contribution in [3.63, 3.8) is 0 Å².